The highest BCUT2D eigenvalue weighted by molar-refractivity contribution is 5.99. The summed E-state index contributed by atoms with van der Waals surface area (Å²) < 4.78 is 0. The minimum atomic E-state index is -0.944. The Morgan fingerprint density at radius 3 is 2.41 bits per heavy atom. The topological polar surface area (TPSA) is 86.7 Å². The van der Waals surface area contributed by atoms with Crippen LogP contribution in [0.25, 0.3) is 0 Å². The molecule has 0 bridgehead atoms. The minimum Gasteiger partial charge on any atom is -0.481 e. The van der Waals surface area contributed by atoms with Crippen LogP contribution < -0.4 is 5.32 Å². The Labute approximate surface area is 130 Å². The molecule has 0 unspecified atom stereocenters. The van der Waals surface area contributed by atoms with Crippen LogP contribution in [0.15, 0.2) is 24.3 Å². The van der Waals surface area contributed by atoms with Crippen LogP contribution in [0.1, 0.15) is 41.0 Å². The highest BCUT2D eigenvalue weighted by atomic mass is 16.4. The molecule has 0 saturated heterocycles. The van der Waals surface area contributed by atoms with Gasteiger partial charge in [0.05, 0.1) is 6.42 Å². The number of aliphatic carboxylic acids is 1. The first-order valence-corrected chi connectivity index (χ1v) is 7.18. The van der Waals surface area contributed by atoms with Crippen molar-refractivity contribution in [2.75, 3.05) is 20.1 Å². The maximum atomic E-state index is 12.6. The van der Waals surface area contributed by atoms with Crippen LogP contribution in [0.2, 0.25) is 0 Å². The molecule has 0 aromatic heterocycles. The summed E-state index contributed by atoms with van der Waals surface area (Å²) in [5, 5.41) is 11.3. The molecular weight excluding hydrogens is 284 g/mol. The third kappa shape index (κ3) is 5.20. The van der Waals surface area contributed by atoms with E-state index in [-0.39, 0.29) is 30.7 Å². The van der Waals surface area contributed by atoms with E-state index in [9.17, 15) is 14.4 Å². The van der Waals surface area contributed by atoms with Crippen LogP contribution in [0.5, 0.6) is 0 Å². The molecule has 0 heterocycles. The van der Waals surface area contributed by atoms with Gasteiger partial charge in [0.25, 0.3) is 11.8 Å². The van der Waals surface area contributed by atoms with Gasteiger partial charge in [-0.1, -0.05) is 19.9 Å². The molecule has 1 aromatic carbocycles. The van der Waals surface area contributed by atoms with E-state index in [2.05, 4.69) is 5.32 Å². The smallest absolute Gasteiger partial charge is 0.305 e. The standard InChI is InChI=1S/C16H22N2O4/c1-11(2)10-18(8-7-14(19)20)16(22)13-6-4-5-12(9-13)15(21)17-3/h4-6,9,11H,7-8,10H2,1-3H3,(H,17,21)(H,19,20). The van der Waals surface area contributed by atoms with Gasteiger partial charge in [-0.25, -0.2) is 0 Å². The summed E-state index contributed by atoms with van der Waals surface area (Å²) in [6, 6.07) is 6.42. The van der Waals surface area contributed by atoms with Gasteiger partial charge in [-0.05, 0) is 24.1 Å². The van der Waals surface area contributed by atoms with Gasteiger partial charge in [0.15, 0.2) is 0 Å². The quantitative estimate of drug-likeness (QED) is 0.801. The lowest BCUT2D eigenvalue weighted by molar-refractivity contribution is -0.137. The van der Waals surface area contributed by atoms with Gasteiger partial charge in [-0.2, -0.15) is 0 Å². The van der Waals surface area contributed by atoms with E-state index in [0.29, 0.717) is 17.7 Å². The second-order valence-electron chi connectivity index (χ2n) is 5.45. The summed E-state index contributed by atoms with van der Waals surface area (Å²) in [7, 11) is 1.52. The van der Waals surface area contributed by atoms with Crippen LogP contribution in [0.3, 0.4) is 0 Å². The number of hydrogen-bond acceptors (Lipinski definition) is 3. The molecule has 22 heavy (non-hydrogen) atoms. The largest absolute Gasteiger partial charge is 0.481 e. The van der Waals surface area contributed by atoms with Crippen molar-refractivity contribution >= 4 is 17.8 Å². The van der Waals surface area contributed by atoms with Gasteiger partial charge < -0.3 is 15.3 Å². The number of nitrogens with one attached hydrogen (secondary N) is 1. The van der Waals surface area contributed by atoms with E-state index in [1.165, 1.54) is 18.0 Å². The molecule has 0 saturated carbocycles. The van der Waals surface area contributed by atoms with E-state index in [4.69, 9.17) is 5.11 Å². The Balaban J connectivity index is 2.97. The van der Waals surface area contributed by atoms with Crippen molar-refractivity contribution in [2.24, 2.45) is 5.92 Å². The molecule has 0 radical (unpaired) electrons. The zero-order valence-electron chi connectivity index (χ0n) is 13.1. The van der Waals surface area contributed by atoms with Gasteiger partial charge in [-0.15, -0.1) is 0 Å². The number of carbonyl (C=O) groups excluding carboxylic acids is 2. The highest BCUT2D eigenvalue weighted by Crippen LogP contribution is 2.11. The molecule has 120 valence electrons. The number of nitrogens with zero attached hydrogens (tertiary/aromatic N) is 1. The molecule has 0 fully saturated rings. The number of carboxylic acids is 1. The van der Waals surface area contributed by atoms with E-state index in [1.54, 1.807) is 18.2 Å². The van der Waals surface area contributed by atoms with Crippen molar-refractivity contribution < 1.29 is 19.5 Å². The summed E-state index contributed by atoms with van der Waals surface area (Å²) >= 11 is 0. The summed E-state index contributed by atoms with van der Waals surface area (Å²) in [4.78, 5) is 36.5. The number of amides is 2. The number of carbonyl (C=O) groups is 3. The van der Waals surface area contributed by atoms with E-state index in [0.717, 1.165) is 0 Å². The SMILES string of the molecule is CNC(=O)c1cccc(C(=O)N(CCC(=O)O)CC(C)C)c1. The predicted molar refractivity (Wildman–Crippen MR) is 82.8 cm³/mol. The third-order valence-electron chi connectivity index (χ3n) is 3.07. The van der Waals surface area contributed by atoms with Crippen molar-refractivity contribution in [2.45, 2.75) is 20.3 Å². The normalized spacial score (nSPS) is 10.4. The van der Waals surface area contributed by atoms with E-state index >= 15 is 0 Å². The van der Waals surface area contributed by atoms with Crippen molar-refractivity contribution in [3.63, 3.8) is 0 Å². The van der Waals surface area contributed by atoms with Crippen LogP contribution in [-0.2, 0) is 4.79 Å². The monoisotopic (exact) mass is 306 g/mol. The highest BCUT2D eigenvalue weighted by Gasteiger charge is 2.19. The molecule has 1 aromatic rings. The Morgan fingerprint density at radius 1 is 1.23 bits per heavy atom. The Morgan fingerprint density at radius 2 is 1.86 bits per heavy atom. The Kier molecular flexibility index (Phi) is 6.56. The molecule has 1 rings (SSSR count). The van der Waals surface area contributed by atoms with Gasteiger partial charge in [0.2, 0.25) is 0 Å². The van der Waals surface area contributed by atoms with Gasteiger partial charge >= 0.3 is 5.97 Å². The summed E-state index contributed by atoms with van der Waals surface area (Å²) in [5.74, 6) is -1.25. The molecular formula is C16H22N2O4. The number of rotatable bonds is 7. The first-order chi connectivity index (χ1) is 10.3. The third-order valence-corrected chi connectivity index (χ3v) is 3.07. The zero-order chi connectivity index (χ0) is 16.7. The van der Waals surface area contributed by atoms with E-state index < -0.39 is 5.97 Å². The average molecular weight is 306 g/mol. The average Bonchev–Trinajstić information content (AvgIpc) is 2.49. The fourth-order valence-corrected chi connectivity index (χ4v) is 2.07. The lowest BCUT2D eigenvalue weighted by atomic mass is 10.1. The zero-order valence-corrected chi connectivity index (χ0v) is 13.1. The number of hydrogen-bond donors (Lipinski definition) is 2. The summed E-state index contributed by atoms with van der Waals surface area (Å²) in [5.41, 5.74) is 0.781. The molecule has 6 nitrogen and oxygen atoms in total. The molecule has 2 N–H and O–H groups in total. The molecule has 6 heteroatoms. The molecule has 0 spiro atoms. The fraction of sp³-hybridized carbons (Fsp3) is 0.438. The van der Waals surface area contributed by atoms with Crippen molar-refractivity contribution in [1.82, 2.24) is 10.2 Å². The van der Waals surface area contributed by atoms with Gasteiger partial charge in [0, 0.05) is 31.3 Å². The van der Waals surface area contributed by atoms with Gasteiger partial charge in [0.1, 0.15) is 0 Å². The summed E-state index contributed by atoms with van der Waals surface area (Å²) in [6.45, 7) is 4.54. The maximum absolute atomic E-state index is 12.6. The van der Waals surface area contributed by atoms with Crippen LogP contribution in [-0.4, -0.2) is 47.9 Å². The van der Waals surface area contributed by atoms with Crippen LogP contribution in [0.4, 0.5) is 0 Å². The Bertz CT molecular complexity index is 555. The molecule has 0 atom stereocenters. The minimum absolute atomic E-state index is 0.104. The number of carboxylic acid groups (broad SMARTS) is 1. The lowest BCUT2D eigenvalue weighted by Gasteiger charge is -2.24. The molecule has 2 amide bonds. The van der Waals surface area contributed by atoms with Crippen molar-refractivity contribution in [3.8, 4) is 0 Å². The molecule has 0 aliphatic rings. The van der Waals surface area contributed by atoms with Crippen molar-refractivity contribution in [3.05, 3.63) is 35.4 Å². The lowest BCUT2D eigenvalue weighted by Crippen LogP contribution is -2.36. The molecule has 0 aliphatic carbocycles. The fourth-order valence-electron chi connectivity index (χ4n) is 2.07. The van der Waals surface area contributed by atoms with Crippen LogP contribution >= 0.6 is 0 Å². The molecule has 0 aliphatic heterocycles. The summed E-state index contributed by atoms with van der Waals surface area (Å²) in [6.07, 6.45) is -0.104. The Hall–Kier alpha value is -2.37. The predicted octanol–water partition coefficient (Wildman–Crippen LogP) is 1.62. The van der Waals surface area contributed by atoms with Crippen LogP contribution in [0, 0.1) is 5.92 Å². The van der Waals surface area contributed by atoms with E-state index in [1.807, 2.05) is 13.8 Å². The first-order valence-electron chi connectivity index (χ1n) is 7.18. The second-order valence-corrected chi connectivity index (χ2v) is 5.45. The first kappa shape index (κ1) is 17.7. The van der Waals surface area contributed by atoms with Gasteiger partial charge in [-0.3, -0.25) is 14.4 Å². The second kappa shape index (κ2) is 8.17. The number of benzene rings is 1. The maximum Gasteiger partial charge on any atom is 0.305 e. The van der Waals surface area contributed by atoms with Crippen molar-refractivity contribution in [1.29, 1.82) is 0 Å².